The summed E-state index contributed by atoms with van der Waals surface area (Å²) in [4.78, 5) is 8.37. The maximum atomic E-state index is 6.05. The Bertz CT molecular complexity index is 332. The summed E-state index contributed by atoms with van der Waals surface area (Å²) in [6.45, 7) is 9.65. The van der Waals surface area contributed by atoms with Gasteiger partial charge in [-0.2, -0.15) is 0 Å². The Labute approximate surface area is 102 Å². The molecule has 0 spiro atoms. The van der Waals surface area contributed by atoms with E-state index in [0.29, 0.717) is 12.0 Å². The van der Waals surface area contributed by atoms with Crippen LogP contribution < -0.4 is 5.73 Å². The SMILES string of the molecule is Cc1nc(CN2CC(C)CC(N)C2)sc1C. The van der Waals surface area contributed by atoms with E-state index in [1.165, 1.54) is 15.6 Å². The summed E-state index contributed by atoms with van der Waals surface area (Å²) in [6.07, 6.45) is 1.16. The van der Waals surface area contributed by atoms with Crippen LogP contribution in [0.2, 0.25) is 0 Å². The van der Waals surface area contributed by atoms with Gasteiger partial charge in [0, 0.05) is 24.0 Å². The average Bonchev–Trinajstić information content (AvgIpc) is 2.43. The summed E-state index contributed by atoms with van der Waals surface area (Å²) in [5, 5.41) is 1.23. The van der Waals surface area contributed by atoms with Crippen LogP contribution in [0, 0.1) is 19.8 Å². The van der Waals surface area contributed by atoms with Gasteiger partial charge in [0.1, 0.15) is 5.01 Å². The first-order valence-electron chi connectivity index (χ1n) is 5.95. The number of rotatable bonds is 2. The van der Waals surface area contributed by atoms with Crippen molar-refractivity contribution in [1.29, 1.82) is 0 Å². The third-order valence-corrected chi connectivity index (χ3v) is 4.26. The molecule has 2 rings (SSSR count). The summed E-state index contributed by atoms with van der Waals surface area (Å²) in [7, 11) is 0. The highest BCUT2D eigenvalue weighted by molar-refractivity contribution is 7.11. The lowest BCUT2D eigenvalue weighted by Gasteiger charge is -2.34. The van der Waals surface area contributed by atoms with Crippen LogP contribution in [-0.4, -0.2) is 29.0 Å². The number of nitrogens with two attached hydrogens (primary N) is 1. The zero-order valence-electron chi connectivity index (χ0n) is 10.4. The first-order valence-corrected chi connectivity index (χ1v) is 6.77. The Hall–Kier alpha value is -0.450. The van der Waals surface area contributed by atoms with Gasteiger partial charge in [0.25, 0.3) is 0 Å². The van der Waals surface area contributed by atoms with Crippen LogP contribution in [0.5, 0.6) is 0 Å². The Morgan fingerprint density at radius 1 is 1.44 bits per heavy atom. The second kappa shape index (κ2) is 4.82. The second-order valence-electron chi connectivity index (χ2n) is 5.04. The molecule has 1 aliphatic heterocycles. The molecular formula is C12H21N3S. The molecule has 4 heteroatoms. The molecule has 0 aliphatic carbocycles. The average molecular weight is 239 g/mol. The molecule has 90 valence electrons. The highest BCUT2D eigenvalue weighted by Gasteiger charge is 2.22. The lowest BCUT2D eigenvalue weighted by Crippen LogP contribution is -2.45. The fourth-order valence-corrected chi connectivity index (χ4v) is 3.42. The van der Waals surface area contributed by atoms with Gasteiger partial charge in [-0.05, 0) is 26.2 Å². The first-order chi connectivity index (χ1) is 7.54. The molecule has 0 saturated carbocycles. The van der Waals surface area contributed by atoms with Crippen LogP contribution in [0.15, 0.2) is 0 Å². The van der Waals surface area contributed by atoms with E-state index in [-0.39, 0.29) is 0 Å². The van der Waals surface area contributed by atoms with Crippen molar-refractivity contribution >= 4 is 11.3 Å². The summed E-state index contributed by atoms with van der Waals surface area (Å²) >= 11 is 1.82. The van der Waals surface area contributed by atoms with E-state index < -0.39 is 0 Å². The Balaban J connectivity index is 1.98. The van der Waals surface area contributed by atoms with E-state index in [0.717, 1.165) is 26.1 Å². The highest BCUT2D eigenvalue weighted by atomic mass is 32.1. The van der Waals surface area contributed by atoms with E-state index in [1.54, 1.807) is 0 Å². The van der Waals surface area contributed by atoms with Crippen LogP contribution >= 0.6 is 11.3 Å². The molecule has 3 nitrogen and oxygen atoms in total. The van der Waals surface area contributed by atoms with E-state index in [1.807, 2.05) is 11.3 Å². The predicted molar refractivity (Wildman–Crippen MR) is 68.6 cm³/mol. The van der Waals surface area contributed by atoms with Crippen LogP contribution in [0.25, 0.3) is 0 Å². The van der Waals surface area contributed by atoms with E-state index in [4.69, 9.17) is 5.73 Å². The first kappa shape index (κ1) is 12.0. The molecule has 2 atom stereocenters. The van der Waals surface area contributed by atoms with Gasteiger partial charge in [-0.15, -0.1) is 11.3 Å². The zero-order chi connectivity index (χ0) is 11.7. The molecule has 1 aromatic heterocycles. The van der Waals surface area contributed by atoms with Crippen LogP contribution in [0.1, 0.15) is 28.9 Å². The summed E-state index contributed by atoms with van der Waals surface area (Å²) in [5.41, 5.74) is 7.22. The number of aromatic nitrogens is 1. The molecule has 2 N–H and O–H groups in total. The topological polar surface area (TPSA) is 42.2 Å². The maximum absolute atomic E-state index is 6.05. The quantitative estimate of drug-likeness (QED) is 0.857. The van der Waals surface area contributed by atoms with Crippen LogP contribution in [0.3, 0.4) is 0 Å². The molecule has 0 bridgehead atoms. The smallest absolute Gasteiger partial charge is 0.107 e. The minimum atomic E-state index is 0.339. The molecule has 2 heterocycles. The van der Waals surface area contributed by atoms with E-state index in [2.05, 4.69) is 30.7 Å². The van der Waals surface area contributed by atoms with Gasteiger partial charge in [0.2, 0.25) is 0 Å². The number of hydrogen-bond donors (Lipinski definition) is 1. The molecule has 2 unspecified atom stereocenters. The second-order valence-corrected chi connectivity index (χ2v) is 6.33. The molecule has 1 aromatic rings. The third kappa shape index (κ3) is 2.81. The number of hydrogen-bond acceptors (Lipinski definition) is 4. The third-order valence-electron chi connectivity index (χ3n) is 3.20. The standard InChI is InChI=1S/C12H21N3S/c1-8-4-11(13)6-15(5-8)7-12-14-9(2)10(3)16-12/h8,11H,4-7,13H2,1-3H3. The minimum absolute atomic E-state index is 0.339. The van der Waals surface area contributed by atoms with E-state index in [9.17, 15) is 0 Å². The number of thiazole rings is 1. The highest BCUT2D eigenvalue weighted by Crippen LogP contribution is 2.21. The molecule has 16 heavy (non-hydrogen) atoms. The molecule has 1 aliphatic rings. The van der Waals surface area contributed by atoms with Crippen molar-refractivity contribution in [2.24, 2.45) is 11.7 Å². The number of nitrogens with zero attached hydrogens (tertiary/aromatic N) is 2. The largest absolute Gasteiger partial charge is 0.327 e. The van der Waals surface area contributed by atoms with Gasteiger partial charge in [-0.3, -0.25) is 4.90 Å². The summed E-state index contributed by atoms with van der Waals surface area (Å²) < 4.78 is 0. The fraction of sp³-hybridized carbons (Fsp3) is 0.750. The lowest BCUT2D eigenvalue weighted by molar-refractivity contribution is 0.158. The van der Waals surface area contributed by atoms with Crippen molar-refractivity contribution in [3.63, 3.8) is 0 Å². The molecule has 1 saturated heterocycles. The number of aryl methyl sites for hydroxylation is 2. The molecular weight excluding hydrogens is 218 g/mol. The minimum Gasteiger partial charge on any atom is -0.327 e. The fourth-order valence-electron chi connectivity index (χ4n) is 2.44. The van der Waals surface area contributed by atoms with Gasteiger partial charge in [0.05, 0.1) is 12.2 Å². The van der Waals surface area contributed by atoms with Gasteiger partial charge in [0.15, 0.2) is 0 Å². The summed E-state index contributed by atoms with van der Waals surface area (Å²) in [6, 6.07) is 0.339. The van der Waals surface area contributed by atoms with Gasteiger partial charge in [-0.1, -0.05) is 6.92 Å². The van der Waals surface area contributed by atoms with Crippen molar-refractivity contribution in [3.8, 4) is 0 Å². The van der Waals surface area contributed by atoms with E-state index >= 15 is 0 Å². The van der Waals surface area contributed by atoms with Crippen LogP contribution in [0.4, 0.5) is 0 Å². The van der Waals surface area contributed by atoms with Gasteiger partial charge < -0.3 is 5.73 Å². The molecule has 0 amide bonds. The Morgan fingerprint density at radius 2 is 2.19 bits per heavy atom. The van der Waals surface area contributed by atoms with Gasteiger partial charge >= 0.3 is 0 Å². The Kier molecular flexibility index (Phi) is 3.62. The zero-order valence-corrected chi connectivity index (χ0v) is 11.2. The van der Waals surface area contributed by atoms with Crippen molar-refractivity contribution in [1.82, 2.24) is 9.88 Å². The van der Waals surface area contributed by atoms with Crippen LogP contribution in [-0.2, 0) is 6.54 Å². The molecule has 0 radical (unpaired) electrons. The van der Waals surface area contributed by atoms with Crippen molar-refractivity contribution < 1.29 is 0 Å². The van der Waals surface area contributed by atoms with Gasteiger partial charge in [-0.25, -0.2) is 4.98 Å². The predicted octanol–water partition coefficient (Wildman–Crippen LogP) is 1.93. The molecule has 1 fully saturated rings. The Morgan fingerprint density at radius 3 is 2.75 bits per heavy atom. The van der Waals surface area contributed by atoms with Crippen molar-refractivity contribution in [3.05, 3.63) is 15.6 Å². The van der Waals surface area contributed by atoms with Crippen molar-refractivity contribution in [2.75, 3.05) is 13.1 Å². The normalized spacial score (nSPS) is 27.2. The monoisotopic (exact) mass is 239 g/mol. The van der Waals surface area contributed by atoms with Crippen molar-refractivity contribution in [2.45, 2.75) is 39.8 Å². The molecule has 0 aromatic carbocycles. The lowest BCUT2D eigenvalue weighted by atomic mass is 9.97. The number of piperidine rings is 1. The summed E-state index contributed by atoms with van der Waals surface area (Å²) in [5.74, 6) is 0.714. The number of likely N-dealkylation sites (tertiary alicyclic amines) is 1. The maximum Gasteiger partial charge on any atom is 0.107 e.